The van der Waals surface area contributed by atoms with Crippen molar-refractivity contribution in [3.05, 3.63) is 10.4 Å². The molecule has 1 N–H and O–H groups in total. The summed E-state index contributed by atoms with van der Waals surface area (Å²) in [6, 6.07) is 0. The molecule has 0 fully saturated rings. The summed E-state index contributed by atoms with van der Waals surface area (Å²) in [6.07, 6.45) is 2.75. The van der Waals surface area contributed by atoms with Crippen LogP contribution < -0.4 is 0 Å². The summed E-state index contributed by atoms with van der Waals surface area (Å²) in [5, 5.41) is 3.33. The minimum Gasteiger partial charge on any atom is -0.286 e. The molecular weight excluding hydrogens is 194 g/mol. The molecule has 0 heterocycles. The predicted octanol–water partition coefficient (Wildman–Crippen LogP) is 1.74. The van der Waals surface area contributed by atoms with E-state index in [1.165, 1.54) is 0 Å². The minimum atomic E-state index is -3.80. The molecule has 0 aromatic heterocycles. The summed E-state index contributed by atoms with van der Waals surface area (Å²) >= 11 is 0. The van der Waals surface area contributed by atoms with Crippen molar-refractivity contribution in [2.75, 3.05) is 12.3 Å². The van der Waals surface area contributed by atoms with Gasteiger partial charge >= 0.3 is 0 Å². The molecule has 0 aromatic rings. The molecule has 0 radical (unpaired) electrons. The van der Waals surface area contributed by atoms with Crippen LogP contribution in [0.25, 0.3) is 10.4 Å². The number of hydrogen-bond donors (Lipinski definition) is 1. The topological polar surface area (TPSA) is 103 Å². The van der Waals surface area contributed by atoms with Crippen LogP contribution in [0.15, 0.2) is 5.11 Å². The van der Waals surface area contributed by atoms with Crippen LogP contribution in [0.4, 0.5) is 0 Å². The van der Waals surface area contributed by atoms with Gasteiger partial charge in [0.05, 0.1) is 5.75 Å². The van der Waals surface area contributed by atoms with Crippen molar-refractivity contribution >= 4 is 10.1 Å². The Balaban J connectivity index is 3.22. The van der Waals surface area contributed by atoms with E-state index < -0.39 is 10.1 Å². The first-order valence-electron chi connectivity index (χ1n) is 4.02. The van der Waals surface area contributed by atoms with Crippen LogP contribution in [0.2, 0.25) is 0 Å². The summed E-state index contributed by atoms with van der Waals surface area (Å²) in [5.41, 5.74) is 7.92. The molecule has 0 unspecified atom stereocenters. The van der Waals surface area contributed by atoms with Crippen LogP contribution >= 0.6 is 0 Å². The molecule has 13 heavy (non-hydrogen) atoms. The Morgan fingerprint density at radius 1 is 1.23 bits per heavy atom. The van der Waals surface area contributed by atoms with Gasteiger partial charge in [-0.3, -0.25) is 4.55 Å². The maximum atomic E-state index is 10.3. The van der Waals surface area contributed by atoms with Crippen LogP contribution in [-0.4, -0.2) is 25.3 Å². The van der Waals surface area contributed by atoms with Gasteiger partial charge in [0.25, 0.3) is 10.1 Å². The molecular formula is C6H13N3O3S. The Morgan fingerprint density at radius 2 is 1.85 bits per heavy atom. The minimum absolute atomic E-state index is 0.186. The smallest absolute Gasteiger partial charge is 0.264 e. The van der Waals surface area contributed by atoms with Gasteiger partial charge in [-0.1, -0.05) is 18.0 Å². The molecule has 0 aromatic carbocycles. The highest BCUT2D eigenvalue weighted by molar-refractivity contribution is 7.85. The van der Waals surface area contributed by atoms with E-state index in [2.05, 4.69) is 10.0 Å². The molecule has 76 valence electrons. The number of rotatable bonds is 7. The van der Waals surface area contributed by atoms with Crippen molar-refractivity contribution < 1.29 is 13.0 Å². The van der Waals surface area contributed by atoms with E-state index in [-0.39, 0.29) is 5.75 Å². The lowest BCUT2D eigenvalue weighted by Gasteiger charge is -1.96. The van der Waals surface area contributed by atoms with Crippen LogP contribution in [0.1, 0.15) is 25.7 Å². The Kier molecular flexibility index (Phi) is 6.30. The van der Waals surface area contributed by atoms with Crippen molar-refractivity contribution in [3.8, 4) is 0 Å². The first-order chi connectivity index (χ1) is 6.06. The third-order valence-electron chi connectivity index (χ3n) is 1.47. The van der Waals surface area contributed by atoms with Gasteiger partial charge in [0.1, 0.15) is 0 Å². The zero-order chi connectivity index (χ0) is 10.2. The lowest BCUT2D eigenvalue weighted by Crippen LogP contribution is -2.03. The van der Waals surface area contributed by atoms with E-state index in [4.69, 9.17) is 10.1 Å². The average Bonchev–Trinajstić information content (AvgIpc) is 2.01. The first kappa shape index (κ1) is 12.2. The zero-order valence-electron chi connectivity index (χ0n) is 7.26. The summed E-state index contributed by atoms with van der Waals surface area (Å²) in [7, 11) is -3.80. The molecule has 0 amide bonds. The highest BCUT2D eigenvalue weighted by Gasteiger charge is 2.02. The van der Waals surface area contributed by atoms with Gasteiger partial charge in [-0.2, -0.15) is 8.42 Å². The fraction of sp³-hybridized carbons (Fsp3) is 1.00. The van der Waals surface area contributed by atoms with Gasteiger partial charge < -0.3 is 0 Å². The normalized spacial score (nSPS) is 10.8. The van der Waals surface area contributed by atoms with E-state index >= 15 is 0 Å². The van der Waals surface area contributed by atoms with Gasteiger partial charge in [-0.05, 0) is 18.4 Å². The monoisotopic (exact) mass is 207 g/mol. The van der Waals surface area contributed by atoms with Crippen LogP contribution in [0, 0.1) is 0 Å². The Bertz CT molecular complexity index is 269. The second-order valence-electron chi connectivity index (χ2n) is 2.65. The van der Waals surface area contributed by atoms with Crippen LogP contribution in [0.5, 0.6) is 0 Å². The van der Waals surface area contributed by atoms with Gasteiger partial charge in [-0.25, -0.2) is 0 Å². The molecule has 0 rings (SSSR count). The Hall–Kier alpha value is -0.780. The maximum Gasteiger partial charge on any atom is 0.264 e. The van der Waals surface area contributed by atoms with Crippen molar-refractivity contribution in [1.29, 1.82) is 0 Å². The molecule has 0 bridgehead atoms. The maximum absolute atomic E-state index is 10.3. The van der Waals surface area contributed by atoms with Gasteiger partial charge in [-0.15, -0.1) is 0 Å². The van der Waals surface area contributed by atoms with Gasteiger partial charge in [0.15, 0.2) is 0 Å². The number of azide groups is 1. The predicted molar refractivity (Wildman–Crippen MR) is 48.9 cm³/mol. The van der Waals surface area contributed by atoms with Crippen LogP contribution in [-0.2, 0) is 10.1 Å². The number of hydrogen-bond acceptors (Lipinski definition) is 3. The van der Waals surface area contributed by atoms with E-state index in [9.17, 15) is 8.42 Å². The van der Waals surface area contributed by atoms with E-state index in [0.717, 1.165) is 19.3 Å². The molecule has 6 nitrogen and oxygen atoms in total. The second kappa shape index (κ2) is 6.71. The SMILES string of the molecule is [N-]=[N+]=NCCCCCCS(=O)(=O)O. The average molecular weight is 207 g/mol. The quantitative estimate of drug-likeness (QED) is 0.226. The zero-order valence-corrected chi connectivity index (χ0v) is 8.07. The summed E-state index contributed by atoms with van der Waals surface area (Å²) in [6.45, 7) is 0.447. The number of nitrogens with zero attached hydrogens (tertiary/aromatic N) is 3. The van der Waals surface area contributed by atoms with Crippen molar-refractivity contribution in [2.45, 2.75) is 25.7 Å². The molecule has 0 saturated heterocycles. The number of unbranched alkanes of at least 4 members (excludes halogenated alkanes) is 3. The molecule has 0 aliphatic carbocycles. The first-order valence-corrected chi connectivity index (χ1v) is 5.63. The molecule has 0 aliphatic rings. The Morgan fingerprint density at radius 3 is 2.38 bits per heavy atom. The molecule has 7 heteroatoms. The Labute approximate surface area is 77.3 Å². The lowest BCUT2D eigenvalue weighted by molar-refractivity contribution is 0.479. The lowest BCUT2D eigenvalue weighted by atomic mass is 10.2. The molecule has 0 aliphatic heterocycles. The summed E-state index contributed by atoms with van der Waals surface area (Å²) in [5.74, 6) is -0.186. The van der Waals surface area contributed by atoms with Crippen molar-refractivity contribution in [3.63, 3.8) is 0 Å². The summed E-state index contributed by atoms with van der Waals surface area (Å²) in [4.78, 5) is 2.58. The van der Waals surface area contributed by atoms with E-state index in [1.54, 1.807) is 0 Å². The molecule has 0 atom stereocenters. The van der Waals surface area contributed by atoms with Gasteiger partial charge in [0.2, 0.25) is 0 Å². The third-order valence-corrected chi connectivity index (χ3v) is 2.28. The van der Waals surface area contributed by atoms with Crippen LogP contribution in [0.3, 0.4) is 0 Å². The standard InChI is InChI=1S/C6H13N3O3S/c7-9-8-5-3-1-2-4-6-13(10,11)12/h1-6H2,(H,10,11,12). The van der Waals surface area contributed by atoms with Crippen molar-refractivity contribution in [2.24, 2.45) is 5.11 Å². The fourth-order valence-corrected chi connectivity index (χ4v) is 1.43. The molecule has 0 spiro atoms. The van der Waals surface area contributed by atoms with E-state index in [1.807, 2.05) is 0 Å². The third kappa shape index (κ3) is 11.2. The molecule has 0 saturated carbocycles. The fourth-order valence-electron chi connectivity index (χ4n) is 0.865. The highest BCUT2D eigenvalue weighted by Crippen LogP contribution is 2.01. The second-order valence-corrected chi connectivity index (χ2v) is 4.23. The largest absolute Gasteiger partial charge is 0.286 e. The van der Waals surface area contributed by atoms with E-state index in [0.29, 0.717) is 13.0 Å². The highest BCUT2D eigenvalue weighted by atomic mass is 32.2. The summed E-state index contributed by atoms with van der Waals surface area (Å²) < 4.78 is 28.9. The van der Waals surface area contributed by atoms with Gasteiger partial charge in [0, 0.05) is 11.5 Å². The van der Waals surface area contributed by atoms with Crippen molar-refractivity contribution in [1.82, 2.24) is 0 Å².